The van der Waals surface area contributed by atoms with Gasteiger partial charge in [-0.15, -0.1) is 0 Å². The molecule has 4 fully saturated rings. The molecule has 6 aromatic rings. The summed E-state index contributed by atoms with van der Waals surface area (Å²) in [6.45, 7) is 12.0. The van der Waals surface area contributed by atoms with Gasteiger partial charge in [-0.2, -0.15) is 0 Å². The Labute approximate surface area is 324 Å². The summed E-state index contributed by atoms with van der Waals surface area (Å²) in [4.78, 5) is 2.44. The summed E-state index contributed by atoms with van der Waals surface area (Å²) in [7, 11) is -1.34. The van der Waals surface area contributed by atoms with Crippen molar-refractivity contribution in [2.24, 2.45) is 17.8 Å². The van der Waals surface area contributed by atoms with Crippen LogP contribution in [0.1, 0.15) is 69.1 Å². The average molecular weight is 720 g/mol. The van der Waals surface area contributed by atoms with Crippen LogP contribution in [0.25, 0.3) is 33.4 Å². The Morgan fingerprint density at radius 2 is 0.926 bits per heavy atom. The van der Waals surface area contributed by atoms with E-state index < -0.39 is 8.07 Å². The zero-order valence-electron chi connectivity index (χ0n) is 32.7. The van der Waals surface area contributed by atoms with Crippen molar-refractivity contribution in [3.63, 3.8) is 0 Å². The first kappa shape index (κ1) is 33.9. The van der Waals surface area contributed by atoms with Crippen LogP contribution in [0.4, 0.5) is 17.1 Å². The predicted octanol–water partition coefficient (Wildman–Crippen LogP) is 13.8. The van der Waals surface area contributed by atoms with Gasteiger partial charge in [0.05, 0.1) is 8.07 Å². The van der Waals surface area contributed by atoms with Gasteiger partial charge in [0, 0.05) is 22.5 Å². The van der Waals surface area contributed by atoms with E-state index in [1.165, 1.54) is 105 Å². The van der Waals surface area contributed by atoms with Gasteiger partial charge in [-0.25, -0.2) is 0 Å². The Balaban J connectivity index is 0.989. The number of rotatable bonds is 7. The minimum absolute atomic E-state index is 0.0638. The number of fused-ring (bicyclic) bond motifs is 3. The fourth-order valence-electron chi connectivity index (χ4n) is 11.5. The summed E-state index contributed by atoms with van der Waals surface area (Å²) in [5.41, 5.74) is 16.1. The first-order valence-electron chi connectivity index (χ1n) is 20.5. The van der Waals surface area contributed by atoms with Crippen LogP contribution in [-0.4, -0.2) is 8.07 Å². The molecule has 4 bridgehead atoms. The van der Waals surface area contributed by atoms with Crippen molar-refractivity contribution in [3.8, 4) is 33.4 Å². The number of hydrogen-bond acceptors (Lipinski definition) is 1. The highest BCUT2D eigenvalue weighted by atomic mass is 28.3. The van der Waals surface area contributed by atoms with Crippen LogP contribution in [-0.2, 0) is 10.8 Å². The standard InChI is InChI=1S/C52H53NSi/c1-51(2)49-9-7-6-8-47(49)48-27-24-45(31-50(48)51)53(44-22-14-40(15-23-44)41-16-25-46(26-17-41)54(3,4)5)43-20-12-39(13-21-43)38-10-18-42(19-11-38)52-32-35-28-36(33-52)30-37(29-35)34-52/h6-27,31,35-37H,28-30,32-34H2,1-5H3. The van der Waals surface area contributed by atoms with Gasteiger partial charge in [0.25, 0.3) is 0 Å². The third-order valence-corrected chi connectivity index (χ3v) is 16.1. The van der Waals surface area contributed by atoms with Crippen LogP contribution in [0, 0.1) is 17.8 Å². The maximum Gasteiger partial charge on any atom is 0.0775 e. The highest BCUT2D eigenvalue weighted by Crippen LogP contribution is 2.61. The summed E-state index contributed by atoms with van der Waals surface area (Å²) in [6, 6.07) is 53.5. The Bertz CT molecular complexity index is 2300. The van der Waals surface area contributed by atoms with Gasteiger partial charge >= 0.3 is 0 Å². The lowest BCUT2D eigenvalue weighted by Gasteiger charge is -2.57. The molecule has 0 amide bonds. The van der Waals surface area contributed by atoms with Crippen molar-refractivity contribution in [1.82, 2.24) is 0 Å². The molecular formula is C52H53NSi. The lowest BCUT2D eigenvalue weighted by molar-refractivity contribution is -0.00518. The summed E-state index contributed by atoms with van der Waals surface area (Å²) in [6.07, 6.45) is 8.74. The Morgan fingerprint density at radius 3 is 1.44 bits per heavy atom. The second-order valence-electron chi connectivity index (χ2n) is 18.9. The maximum absolute atomic E-state index is 2.48. The zero-order chi connectivity index (χ0) is 36.8. The van der Waals surface area contributed by atoms with E-state index in [4.69, 9.17) is 0 Å². The van der Waals surface area contributed by atoms with E-state index in [1.54, 1.807) is 5.56 Å². The minimum Gasteiger partial charge on any atom is -0.310 e. The Morgan fingerprint density at radius 1 is 0.481 bits per heavy atom. The van der Waals surface area contributed by atoms with Crippen molar-refractivity contribution >= 4 is 30.3 Å². The number of nitrogens with zero attached hydrogens (tertiary/aromatic N) is 1. The number of benzene rings is 6. The van der Waals surface area contributed by atoms with Gasteiger partial charge in [0.2, 0.25) is 0 Å². The van der Waals surface area contributed by atoms with Crippen LogP contribution in [0.15, 0.2) is 140 Å². The Kier molecular flexibility index (Phi) is 7.80. The van der Waals surface area contributed by atoms with Gasteiger partial charge in [-0.1, -0.05) is 142 Å². The molecule has 2 heteroatoms. The van der Waals surface area contributed by atoms with Gasteiger partial charge in [0.15, 0.2) is 0 Å². The molecule has 0 heterocycles. The second kappa shape index (κ2) is 12.4. The smallest absolute Gasteiger partial charge is 0.0775 e. The second-order valence-corrected chi connectivity index (χ2v) is 24.0. The molecule has 270 valence electrons. The van der Waals surface area contributed by atoms with E-state index in [0.29, 0.717) is 5.41 Å². The van der Waals surface area contributed by atoms with Crippen LogP contribution in [0.3, 0.4) is 0 Å². The molecule has 0 aliphatic heterocycles. The molecular weight excluding hydrogens is 667 g/mol. The highest BCUT2D eigenvalue weighted by Gasteiger charge is 2.51. The number of hydrogen-bond donors (Lipinski definition) is 0. The largest absolute Gasteiger partial charge is 0.310 e. The molecule has 0 saturated heterocycles. The molecule has 5 aliphatic rings. The van der Waals surface area contributed by atoms with E-state index in [-0.39, 0.29) is 5.41 Å². The van der Waals surface area contributed by atoms with Crippen LogP contribution >= 0.6 is 0 Å². The number of anilines is 3. The van der Waals surface area contributed by atoms with Crippen LogP contribution in [0.5, 0.6) is 0 Å². The van der Waals surface area contributed by atoms with Crippen molar-refractivity contribution in [3.05, 3.63) is 156 Å². The normalized spacial score (nSPS) is 23.2. The van der Waals surface area contributed by atoms with Gasteiger partial charge in [-0.05, 0) is 148 Å². The van der Waals surface area contributed by atoms with E-state index in [1.807, 2.05) is 0 Å². The molecule has 0 aromatic heterocycles. The van der Waals surface area contributed by atoms with Crippen molar-refractivity contribution in [1.29, 1.82) is 0 Å². The maximum atomic E-state index is 2.48. The van der Waals surface area contributed by atoms with E-state index in [2.05, 4.69) is 178 Å². The third kappa shape index (κ3) is 5.63. The third-order valence-electron chi connectivity index (χ3n) is 14.0. The van der Waals surface area contributed by atoms with Crippen LogP contribution < -0.4 is 10.1 Å². The molecule has 0 unspecified atom stereocenters. The minimum atomic E-state index is -1.34. The molecule has 0 N–H and O–H groups in total. The van der Waals surface area contributed by atoms with Crippen LogP contribution in [0.2, 0.25) is 19.6 Å². The van der Waals surface area contributed by atoms with Gasteiger partial charge in [0.1, 0.15) is 0 Å². The summed E-state index contributed by atoms with van der Waals surface area (Å²) in [5.74, 6) is 2.91. The molecule has 4 saturated carbocycles. The predicted molar refractivity (Wildman–Crippen MR) is 232 cm³/mol. The summed E-state index contributed by atoms with van der Waals surface area (Å²) in [5, 5.41) is 1.50. The van der Waals surface area contributed by atoms with Gasteiger partial charge in [-0.3, -0.25) is 0 Å². The topological polar surface area (TPSA) is 3.24 Å². The van der Waals surface area contributed by atoms with Crippen molar-refractivity contribution in [2.45, 2.75) is 82.8 Å². The lowest BCUT2D eigenvalue weighted by atomic mass is 9.48. The van der Waals surface area contributed by atoms with Gasteiger partial charge < -0.3 is 4.90 Å². The molecule has 0 radical (unpaired) electrons. The van der Waals surface area contributed by atoms with E-state index in [9.17, 15) is 0 Å². The average Bonchev–Trinajstić information content (AvgIpc) is 3.40. The first-order chi connectivity index (χ1) is 26.0. The van der Waals surface area contributed by atoms with E-state index >= 15 is 0 Å². The lowest BCUT2D eigenvalue weighted by Crippen LogP contribution is -2.48. The van der Waals surface area contributed by atoms with Crippen molar-refractivity contribution in [2.75, 3.05) is 4.90 Å². The fourth-order valence-corrected chi connectivity index (χ4v) is 12.7. The van der Waals surface area contributed by atoms with Crippen molar-refractivity contribution < 1.29 is 0 Å². The molecule has 5 aliphatic carbocycles. The van der Waals surface area contributed by atoms with E-state index in [0.717, 1.165) is 17.8 Å². The summed E-state index contributed by atoms with van der Waals surface area (Å²) < 4.78 is 0. The first-order valence-corrected chi connectivity index (χ1v) is 24.0. The molecule has 11 rings (SSSR count). The molecule has 1 nitrogen and oxygen atoms in total. The summed E-state index contributed by atoms with van der Waals surface area (Å²) >= 11 is 0. The Hall–Kier alpha value is -4.66. The monoisotopic (exact) mass is 719 g/mol. The fraction of sp³-hybridized carbons (Fsp3) is 0.308. The highest BCUT2D eigenvalue weighted by molar-refractivity contribution is 6.88. The SMILES string of the molecule is CC1(C)c2ccccc2-c2ccc(N(c3ccc(-c4ccc(C56CC7CC(CC(C7)C5)C6)cc4)cc3)c3ccc(-c4ccc([Si](C)(C)C)cc4)cc3)cc21. The zero-order valence-corrected chi connectivity index (χ0v) is 33.7. The quantitative estimate of drug-likeness (QED) is 0.149. The molecule has 6 aromatic carbocycles. The molecule has 0 spiro atoms. The molecule has 54 heavy (non-hydrogen) atoms. The molecule has 0 atom stereocenters.